The first-order chi connectivity index (χ1) is 16.0. The van der Waals surface area contributed by atoms with Gasteiger partial charge in [0.1, 0.15) is 17.2 Å². The molecule has 0 atom stereocenters. The van der Waals surface area contributed by atoms with Gasteiger partial charge in [0.2, 0.25) is 5.91 Å². The zero-order valence-corrected chi connectivity index (χ0v) is 18.1. The number of rotatable bonds is 4. The monoisotopic (exact) mass is 447 g/mol. The van der Waals surface area contributed by atoms with E-state index in [1.54, 1.807) is 48.1 Å². The maximum Gasteiger partial charge on any atom is 0.227 e. The molecule has 0 spiro atoms. The minimum atomic E-state index is -0.287. The number of carbonyl (C=O) groups excluding carboxylic acids is 1. The van der Waals surface area contributed by atoms with Gasteiger partial charge in [0, 0.05) is 42.7 Å². The van der Waals surface area contributed by atoms with Crippen molar-refractivity contribution in [1.82, 2.24) is 14.6 Å². The van der Waals surface area contributed by atoms with Crippen LogP contribution in [0.2, 0.25) is 0 Å². The molecule has 4 aromatic rings. The summed E-state index contributed by atoms with van der Waals surface area (Å²) in [7, 11) is 0. The third-order valence-electron chi connectivity index (χ3n) is 6.10. The Morgan fingerprint density at radius 1 is 1.06 bits per heavy atom. The molecule has 0 saturated carbocycles. The average Bonchev–Trinajstić information content (AvgIpc) is 3.26. The van der Waals surface area contributed by atoms with E-state index in [-0.39, 0.29) is 23.5 Å². The van der Waals surface area contributed by atoms with Gasteiger partial charge in [0.15, 0.2) is 5.82 Å². The van der Waals surface area contributed by atoms with Crippen molar-refractivity contribution >= 4 is 22.9 Å². The fraction of sp³-hybridized carbons (Fsp3) is 0.240. The lowest BCUT2D eigenvalue weighted by atomic mass is 9.95. The Morgan fingerprint density at radius 2 is 1.82 bits per heavy atom. The number of aryl methyl sites for hydroxylation is 1. The smallest absolute Gasteiger partial charge is 0.227 e. The molecule has 1 N–H and O–H groups in total. The fourth-order valence-electron chi connectivity index (χ4n) is 4.23. The van der Waals surface area contributed by atoms with Gasteiger partial charge >= 0.3 is 0 Å². The predicted octanol–water partition coefficient (Wildman–Crippen LogP) is 4.84. The molecule has 3 heterocycles. The maximum atomic E-state index is 13.5. The molecule has 8 heteroatoms. The minimum Gasteiger partial charge on any atom is -0.355 e. The predicted molar refractivity (Wildman–Crippen MR) is 123 cm³/mol. The Balaban J connectivity index is 1.29. The number of carbonyl (C=O) groups is 1. The second-order valence-electron chi connectivity index (χ2n) is 8.33. The van der Waals surface area contributed by atoms with Crippen molar-refractivity contribution in [3.05, 3.63) is 78.1 Å². The summed E-state index contributed by atoms with van der Waals surface area (Å²) in [5, 5.41) is 7.52. The molecule has 6 nitrogen and oxygen atoms in total. The van der Waals surface area contributed by atoms with E-state index in [0.717, 1.165) is 22.6 Å². The van der Waals surface area contributed by atoms with Crippen LogP contribution in [0.25, 0.3) is 16.8 Å². The molecule has 1 fully saturated rings. The summed E-state index contributed by atoms with van der Waals surface area (Å²) in [6.07, 6.45) is 4.87. The number of aromatic nitrogens is 3. The van der Waals surface area contributed by atoms with Crippen LogP contribution in [0.15, 0.2) is 60.9 Å². The van der Waals surface area contributed by atoms with Crippen LogP contribution in [0, 0.1) is 24.5 Å². The number of nitrogens with one attached hydrogen (secondary N) is 1. The lowest BCUT2D eigenvalue weighted by Gasteiger charge is -2.32. The Morgan fingerprint density at radius 3 is 2.55 bits per heavy atom. The lowest BCUT2D eigenvalue weighted by molar-refractivity contribution is -0.120. The summed E-state index contributed by atoms with van der Waals surface area (Å²) < 4.78 is 28.5. The molecule has 0 aliphatic carbocycles. The largest absolute Gasteiger partial charge is 0.355 e. The Kier molecular flexibility index (Phi) is 5.50. The normalized spacial score (nSPS) is 14.6. The summed E-state index contributed by atoms with van der Waals surface area (Å²) >= 11 is 0. The highest BCUT2D eigenvalue weighted by atomic mass is 19.1. The SMILES string of the molecule is Cc1cc(NC(=O)C2CCN(c3nccn4nc(-c5ccc(F)cc5)cc34)CC2)ccc1F. The van der Waals surface area contributed by atoms with Crippen LogP contribution < -0.4 is 10.2 Å². The molecular weight excluding hydrogens is 424 g/mol. The number of nitrogens with zero attached hydrogens (tertiary/aromatic N) is 4. The third kappa shape index (κ3) is 4.28. The van der Waals surface area contributed by atoms with Crippen LogP contribution in [-0.2, 0) is 4.79 Å². The summed E-state index contributed by atoms with van der Waals surface area (Å²) in [6, 6.07) is 12.8. The molecule has 1 amide bonds. The quantitative estimate of drug-likeness (QED) is 0.486. The first-order valence-corrected chi connectivity index (χ1v) is 10.9. The number of hydrogen-bond acceptors (Lipinski definition) is 4. The van der Waals surface area contributed by atoms with Gasteiger partial charge in [-0.3, -0.25) is 4.79 Å². The summed E-state index contributed by atoms with van der Waals surface area (Å²) in [6.45, 7) is 3.05. The van der Waals surface area contributed by atoms with Crippen molar-refractivity contribution < 1.29 is 13.6 Å². The molecule has 2 aromatic heterocycles. The van der Waals surface area contributed by atoms with Crippen molar-refractivity contribution in [2.24, 2.45) is 5.92 Å². The maximum absolute atomic E-state index is 13.5. The van der Waals surface area contributed by atoms with E-state index in [9.17, 15) is 13.6 Å². The van der Waals surface area contributed by atoms with Crippen LogP contribution in [0.1, 0.15) is 18.4 Å². The first kappa shape index (κ1) is 21.1. The van der Waals surface area contributed by atoms with E-state index in [2.05, 4.69) is 20.3 Å². The Bertz CT molecular complexity index is 1310. The highest BCUT2D eigenvalue weighted by molar-refractivity contribution is 5.92. The van der Waals surface area contributed by atoms with Crippen molar-refractivity contribution in [3.63, 3.8) is 0 Å². The van der Waals surface area contributed by atoms with Crippen LogP contribution >= 0.6 is 0 Å². The molecule has 0 radical (unpaired) electrons. The van der Waals surface area contributed by atoms with Crippen molar-refractivity contribution in [2.75, 3.05) is 23.3 Å². The molecule has 168 valence electrons. The zero-order valence-electron chi connectivity index (χ0n) is 18.1. The van der Waals surface area contributed by atoms with Crippen LogP contribution in [-0.4, -0.2) is 33.6 Å². The van der Waals surface area contributed by atoms with Gasteiger partial charge in [-0.05, 0) is 73.9 Å². The van der Waals surface area contributed by atoms with Crippen molar-refractivity contribution in [1.29, 1.82) is 0 Å². The second-order valence-corrected chi connectivity index (χ2v) is 8.33. The van der Waals surface area contributed by atoms with Gasteiger partial charge in [-0.2, -0.15) is 5.10 Å². The van der Waals surface area contributed by atoms with Gasteiger partial charge in [-0.1, -0.05) is 0 Å². The molecule has 33 heavy (non-hydrogen) atoms. The fourth-order valence-corrected chi connectivity index (χ4v) is 4.23. The lowest BCUT2D eigenvalue weighted by Crippen LogP contribution is -2.38. The summed E-state index contributed by atoms with van der Waals surface area (Å²) in [4.78, 5) is 19.5. The van der Waals surface area contributed by atoms with Gasteiger partial charge in [0.25, 0.3) is 0 Å². The molecular formula is C25H23F2N5O. The Hall–Kier alpha value is -3.81. The summed E-state index contributed by atoms with van der Waals surface area (Å²) in [5.74, 6) is 0.0731. The highest BCUT2D eigenvalue weighted by Crippen LogP contribution is 2.29. The third-order valence-corrected chi connectivity index (χ3v) is 6.10. The van der Waals surface area contributed by atoms with Crippen LogP contribution in [0.4, 0.5) is 20.3 Å². The molecule has 2 aromatic carbocycles. The van der Waals surface area contributed by atoms with Gasteiger partial charge < -0.3 is 10.2 Å². The molecule has 1 aliphatic rings. The van der Waals surface area contributed by atoms with E-state index in [4.69, 9.17) is 0 Å². The van der Waals surface area contributed by atoms with Gasteiger partial charge in [-0.25, -0.2) is 18.3 Å². The number of fused-ring (bicyclic) bond motifs is 1. The Labute approximate surface area is 189 Å². The number of hydrogen-bond donors (Lipinski definition) is 1. The van der Waals surface area contributed by atoms with E-state index in [0.29, 0.717) is 37.2 Å². The van der Waals surface area contributed by atoms with E-state index in [1.165, 1.54) is 18.2 Å². The topological polar surface area (TPSA) is 62.5 Å². The van der Waals surface area contributed by atoms with E-state index < -0.39 is 0 Å². The average molecular weight is 447 g/mol. The van der Waals surface area contributed by atoms with E-state index in [1.807, 2.05) is 6.07 Å². The summed E-state index contributed by atoms with van der Waals surface area (Å²) in [5.41, 5.74) is 3.55. The molecule has 0 bridgehead atoms. The van der Waals surface area contributed by atoms with E-state index >= 15 is 0 Å². The number of anilines is 2. The molecule has 0 unspecified atom stereocenters. The molecule has 1 saturated heterocycles. The standard InChI is InChI=1S/C25H23F2N5O/c1-16-14-20(6-7-21(16)27)29-25(33)18-8-11-31(12-9-18)24-23-15-22(30-32(23)13-10-28-24)17-2-4-19(26)5-3-17/h2-7,10,13-15,18H,8-9,11-12H2,1H3,(H,29,33). The number of benzene rings is 2. The van der Waals surface area contributed by atoms with Crippen molar-refractivity contribution in [2.45, 2.75) is 19.8 Å². The highest BCUT2D eigenvalue weighted by Gasteiger charge is 2.27. The second kappa shape index (κ2) is 8.61. The minimum absolute atomic E-state index is 0.0465. The van der Waals surface area contributed by atoms with Crippen LogP contribution in [0.5, 0.6) is 0 Å². The van der Waals surface area contributed by atoms with Crippen molar-refractivity contribution in [3.8, 4) is 11.3 Å². The first-order valence-electron chi connectivity index (χ1n) is 10.9. The number of amides is 1. The molecule has 5 rings (SSSR count). The van der Waals surface area contributed by atoms with Gasteiger partial charge in [0.05, 0.1) is 5.69 Å². The molecule has 1 aliphatic heterocycles. The zero-order chi connectivity index (χ0) is 22.9. The number of halogens is 2. The van der Waals surface area contributed by atoms with Crippen LogP contribution in [0.3, 0.4) is 0 Å². The van der Waals surface area contributed by atoms with Gasteiger partial charge in [-0.15, -0.1) is 0 Å². The number of piperidine rings is 1.